The summed E-state index contributed by atoms with van der Waals surface area (Å²) in [5, 5.41) is 12.1. The van der Waals surface area contributed by atoms with Gasteiger partial charge in [-0.1, -0.05) is 37.3 Å². The van der Waals surface area contributed by atoms with Crippen LogP contribution in [0.1, 0.15) is 54.4 Å². The van der Waals surface area contributed by atoms with Gasteiger partial charge in [-0.15, -0.1) is 0 Å². The summed E-state index contributed by atoms with van der Waals surface area (Å²) in [7, 11) is 0. The summed E-state index contributed by atoms with van der Waals surface area (Å²) < 4.78 is 13.8. The molecule has 0 spiro atoms. The Morgan fingerprint density at radius 1 is 1.19 bits per heavy atom. The van der Waals surface area contributed by atoms with Crippen molar-refractivity contribution in [2.24, 2.45) is 0 Å². The summed E-state index contributed by atoms with van der Waals surface area (Å²) in [4.78, 5) is 23.9. The number of halogens is 1. The molecule has 0 saturated heterocycles. The van der Waals surface area contributed by atoms with Gasteiger partial charge in [0.05, 0.1) is 5.56 Å². The molecule has 1 fully saturated rings. The lowest BCUT2D eigenvalue weighted by Gasteiger charge is -2.29. The highest BCUT2D eigenvalue weighted by Crippen LogP contribution is 2.28. The van der Waals surface area contributed by atoms with E-state index in [2.05, 4.69) is 5.32 Å². The molecule has 5 heteroatoms. The first kappa shape index (κ1) is 15.5. The van der Waals surface area contributed by atoms with Crippen molar-refractivity contribution in [1.82, 2.24) is 5.32 Å². The molecular formula is C16H20FNO3. The molecule has 1 aliphatic carbocycles. The molecule has 21 heavy (non-hydrogen) atoms. The molecule has 1 aromatic rings. The van der Waals surface area contributed by atoms with E-state index in [9.17, 15) is 19.1 Å². The van der Waals surface area contributed by atoms with E-state index in [1.807, 2.05) is 0 Å². The van der Waals surface area contributed by atoms with Gasteiger partial charge in [-0.05, 0) is 31.9 Å². The van der Waals surface area contributed by atoms with E-state index in [0.29, 0.717) is 12.8 Å². The quantitative estimate of drug-likeness (QED) is 0.842. The van der Waals surface area contributed by atoms with Gasteiger partial charge in [0, 0.05) is 0 Å². The van der Waals surface area contributed by atoms with Gasteiger partial charge in [-0.3, -0.25) is 4.79 Å². The van der Waals surface area contributed by atoms with Crippen molar-refractivity contribution in [2.45, 2.75) is 51.0 Å². The highest BCUT2D eigenvalue weighted by Gasteiger charge is 2.40. The van der Waals surface area contributed by atoms with Crippen molar-refractivity contribution >= 4 is 11.9 Å². The van der Waals surface area contributed by atoms with Gasteiger partial charge in [0.15, 0.2) is 0 Å². The van der Waals surface area contributed by atoms with Crippen LogP contribution in [-0.4, -0.2) is 22.5 Å². The fraction of sp³-hybridized carbons (Fsp3) is 0.500. The predicted octanol–water partition coefficient (Wildman–Crippen LogP) is 3.04. The van der Waals surface area contributed by atoms with Crippen LogP contribution in [0.3, 0.4) is 0 Å². The molecular weight excluding hydrogens is 273 g/mol. The van der Waals surface area contributed by atoms with E-state index in [1.54, 1.807) is 13.0 Å². The number of carbonyl (C=O) groups excluding carboxylic acids is 1. The standard InChI is InChI=1S/C16H20FNO3/c1-11-6-7-13(17)12(10-11)14(19)18-16(15(20)21)8-4-2-3-5-9-16/h6-7,10H,2-5,8-9H2,1H3,(H,18,19)(H,20,21). The molecule has 0 heterocycles. The summed E-state index contributed by atoms with van der Waals surface area (Å²) in [5.41, 5.74) is -0.615. The topological polar surface area (TPSA) is 66.4 Å². The summed E-state index contributed by atoms with van der Waals surface area (Å²) in [5.74, 6) is -2.32. The number of carbonyl (C=O) groups is 2. The minimum absolute atomic E-state index is 0.0973. The second kappa shape index (κ2) is 6.24. The van der Waals surface area contributed by atoms with Crippen molar-refractivity contribution < 1.29 is 19.1 Å². The normalized spacial score (nSPS) is 17.8. The molecule has 0 aromatic heterocycles. The summed E-state index contributed by atoms with van der Waals surface area (Å²) in [6.07, 6.45) is 4.21. The van der Waals surface area contributed by atoms with Crippen LogP contribution >= 0.6 is 0 Å². The minimum atomic E-state index is -1.27. The molecule has 0 bridgehead atoms. The number of nitrogens with one attached hydrogen (secondary N) is 1. The van der Waals surface area contributed by atoms with E-state index in [-0.39, 0.29) is 5.56 Å². The first-order valence-corrected chi connectivity index (χ1v) is 7.27. The van der Waals surface area contributed by atoms with E-state index in [0.717, 1.165) is 31.2 Å². The van der Waals surface area contributed by atoms with Crippen molar-refractivity contribution in [1.29, 1.82) is 0 Å². The third-order valence-electron chi connectivity index (χ3n) is 4.09. The third kappa shape index (κ3) is 3.40. The Balaban J connectivity index is 2.26. The number of rotatable bonds is 3. The number of aryl methyl sites for hydroxylation is 1. The minimum Gasteiger partial charge on any atom is -0.480 e. The second-order valence-electron chi connectivity index (χ2n) is 5.74. The second-order valence-corrected chi connectivity index (χ2v) is 5.74. The fourth-order valence-corrected chi connectivity index (χ4v) is 2.82. The van der Waals surface area contributed by atoms with Gasteiger partial charge < -0.3 is 10.4 Å². The van der Waals surface area contributed by atoms with Gasteiger partial charge in [-0.25, -0.2) is 9.18 Å². The Labute approximate surface area is 123 Å². The van der Waals surface area contributed by atoms with Gasteiger partial charge in [0.25, 0.3) is 5.91 Å². The van der Waals surface area contributed by atoms with Crippen LogP contribution in [0.2, 0.25) is 0 Å². The predicted molar refractivity (Wildman–Crippen MR) is 76.7 cm³/mol. The summed E-state index contributed by atoms with van der Waals surface area (Å²) >= 11 is 0. The summed E-state index contributed by atoms with van der Waals surface area (Å²) in [6.45, 7) is 1.76. The average molecular weight is 293 g/mol. The maximum Gasteiger partial charge on any atom is 0.329 e. The molecule has 0 radical (unpaired) electrons. The molecule has 0 unspecified atom stereocenters. The zero-order valence-corrected chi connectivity index (χ0v) is 12.1. The average Bonchev–Trinajstić information content (AvgIpc) is 2.68. The Bertz CT molecular complexity index is 548. The van der Waals surface area contributed by atoms with Crippen LogP contribution in [0.25, 0.3) is 0 Å². The van der Waals surface area contributed by atoms with Gasteiger partial charge in [-0.2, -0.15) is 0 Å². The number of carboxylic acid groups (broad SMARTS) is 1. The van der Waals surface area contributed by atoms with Crippen LogP contribution in [0.15, 0.2) is 18.2 Å². The van der Waals surface area contributed by atoms with Crippen LogP contribution in [0.5, 0.6) is 0 Å². The maximum absolute atomic E-state index is 13.8. The van der Waals surface area contributed by atoms with Crippen molar-refractivity contribution in [2.75, 3.05) is 0 Å². The highest BCUT2D eigenvalue weighted by molar-refractivity contribution is 5.98. The smallest absolute Gasteiger partial charge is 0.329 e. The first-order chi connectivity index (χ1) is 9.94. The largest absolute Gasteiger partial charge is 0.480 e. The lowest BCUT2D eigenvalue weighted by Crippen LogP contribution is -2.54. The maximum atomic E-state index is 13.8. The SMILES string of the molecule is Cc1ccc(F)c(C(=O)NC2(C(=O)O)CCCCCC2)c1. The Morgan fingerprint density at radius 2 is 1.81 bits per heavy atom. The summed E-state index contributed by atoms with van der Waals surface area (Å²) in [6, 6.07) is 4.24. The Morgan fingerprint density at radius 3 is 2.38 bits per heavy atom. The van der Waals surface area contributed by atoms with E-state index < -0.39 is 23.2 Å². The zero-order valence-electron chi connectivity index (χ0n) is 12.1. The van der Waals surface area contributed by atoms with E-state index >= 15 is 0 Å². The molecule has 0 atom stereocenters. The number of hydrogen-bond acceptors (Lipinski definition) is 2. The number of hydrogen-bond donors (Lipinski definition) is 2. The zero-order chi connectivity index (χ0) is 15.5. The molecule has 1 saturated carbocycles. The molecule has 4 nitrogen and oxygen atoms in total. The molecule has 1 aliphatic rings. The van der Waals surface area contributed by atoms with Crippen LogP contribution in [0.4, 0.5) is 4.39 Å². The first-order valence-electron chi connectivity index (χ1n) is 7.27. The van der Waals surface area contributed by atoms with Gasteiger partial charge in [0.2, 0.25) is 0 Å². The molecule has 1 aromatic carbocycles. The fourth-order valence-electron chi connectivity index (χ4n) is 2.82. The number of benzene rings is 1. The lowest BCUT2D eigenvalue weighted by atomic mass is 9.89. The third-order valence-corrected chi connectivity index (χ3v) is 4.09. The number of amides is 1. The van der Waals surface area contributed by atoms with Crippen molar-refractivity contribution in [3.8, 4) is 0 Å². The van der Waals surface area contributed by atoms with Crippen LogP contribution < -0.4 is 5.32 Å². The Kier molecular flexibility index (Phi) is 4.60. The van der Waals surface area contributed by atoms with Crippen molar-refractivity contribution in [3.05, 3.63) is 35.1 Å². The van der Waals surface area contributed by atoms with Crippen molar-refractivity contribution in [3.63, 3.8) is 0 Å². The van der Waals surface area contributed by atoms with Crippen LogP contribution in [0, 0.1) is 12.7 Å². The molecule has 0 aliphatic heterocycles. The number of carboxylic acids is 1. The monoisotopic (exact) mass is 293 g/mol. The molecule has 114 valence electrons. The van der Waals surface area contributed by atoms with E-state index in [1.165, 1.54) is 12.1 Å². The number of aliphatic carboxylic acids is 1. The van der Waals surface area contributed by atoms with Gasteiger partial charge in [0.1, 0.15) is 11.4 Å². The van der Waals surface area contributed by atoms with Gasteiger partial charge >= 0.3 is 5.97 Å². The molecule has 1 amide bonds. The van der Waals surface area contributed by atoms with Crippen LogP contribution in [-0.2, 0) is 4.79 Å². The van der Waals surface area contributed by atoms with E-state index in [4.69, 9.17) is 0 Å². The molecule has 2 N–H and O–H groups in total. The lowest BCUT2D eigenvalue weighted by molar-refractivity contribution is -0.145. The Hall–Kier alpha value is -1.91. The highest BCUT2D eigenvalue weighted by atomic mass is 19.1. The molecule has 2 rings (SSSR count).